The molecule has 1 aliphatic rings. The van der Waals surface area contributed by atoms with E-state index in [9.17, 15) is 24.2 Å². The summed E-state index contributed by atoms with van der Waals surface area (Å²) >= 11 is 0. The summed E-state index contributed by atoms with van der Waals surface area (Å²) in [5.74, 6) is -2.79. The van der Waals surface area contributed by atoms with Gasteiger partial charge in [0.1, 0.15) is 42.4 Å². The summed E-state index contributed by atoms with van der Waals surface area (Å²) in [6.45, 7) is 13.5. The van der Waals surface area contributed by atoms with E-state index in [1.807, 2.05) is 6.07 Å². The maximum atomic E-state index is 14.7. The number of carbonyl (C=O) groups excluding carboxylic acids is 3. The second-order valence-corrected chi connectivity index (χ2v) is 17.4. The number of nitrogens with one attached hydrogen (secondary N) is 1. The van der Waals surface area contributed by atoms with E-state index in [-0.39, 0.29) is 28.8 Å². The third kappa shape index (κ3) is 10.8. The number of fused-ring (bicyclic) bond motifs is 1. The zero-order chi connectivity index (χ0) is 41.4. The molecule has 1 fully saturated rings. The number of carbonyl (C=O) groups is 3. The molecule has 1 aliphatic carbocycles. The number of nitrogens with two attached hydrogens (primary N) is 1. The molecule has 0 bridgehead atoms. The molecular formula is C39H55N6O10P. The van der Waals surface area contributed by atoms with Crippen LogP contribution in [0.15, 0.2) is 48.8 Å². The average Bonchev–Trinajstić information content (AvgIpc) is 3.59. The number of esters is 3. The van der Waals surface area contributed by atoms with Crippen LogP contribution < -0.4 is 15.3 Å². The number of hydrogen-bond donors (Lipinski definition) is 2. The van der Waals surface area contributed by atoms with Gasteiger partial charge >= 0.3 is 25.7 Å². The van der Waals surface area contributed by atoms with Gasteiger partial charge < -0.3 is 29.2 Å². The lowest BCUT2D eigenvalue weighted by Gasteiger charge is -2.38. The van der Waals surface area contributed by atoms with Crippen LogP contribution in [0.2, 0.25) is 0 Å². The van der Waals surface area contributed by atoms with Crippen LogP contribution in [0.3, 0.4) is 0 Å². The predicted molar refractivity (Wildman–Crippen MR) is 206 cm³/mol. The van der Waals surface area contributed by atoms with Crippen molar-refractivity contribution in [3.63, 3.8) is 0 Å². The maximum Gasteiger partial charge on any atom is 0.459 e. The Hall–Kier alpha value is -4.55. The van der Waals surface area contributed by atoms with Crippen LogP contribution in [0, 0.1) is 34.5 Å². The molecule has 0 amide bonds. The quantitative estimate of drug-likeness (QED) is 0.0863. The van der Waals surface area contributed by atoms with Crippen molar-refractivity contribution < 1.29 is 46.9 Å². The number of anilines is 1. The molecule has 0 saturated heterocycles. The fourth-order valence-electron chi connectivity index (χ4n) is 6.28. The summed E-state index contributed by atoms with van der Waals surface area (Å²) in [4.78, 5) is 44.1. The summed E-state index contributed by atoms with van der Waals surface area (Å²) in [6.07, 6.45) is 0.760. The molecule has 5 atom stereocenters. The highest BCUT2D eigenvalue weighted by atomic mass is 31.2. The third-order valence-electron chi connectivity index (χ3n) is 9.82. The summed E-state index contributed by atoms with van der Waals surface area (Å²) in [6, 6.07) is 12.0. The zero-order valence-electron chi connectivity index (χ0n) is 33.6. The highest BCUT2D eigenvalue weighted by Gasteiger charge is 2.53. The summed E-state index contributed by atoms with van der Waals surface area (Å²) in [5.41, 5.74) is 4.40. The first-order valence-corrected chi connectivity index (χ1v) is 20.3. The van der Waals surface area contributed by atoms with Gasteiger partial charge in [0.05, 0.1) is 17.5 Å². The van der Waals surface area contributed by atoms with E-state index in [2.05, 4.69) is 35.9 Å². The van der Waals surface area contributed by atoms with Crippen LogP contribution >= 0.6 is 7.75 Å². The number of benzene rings is 1. The summed E-state index contributed by atoms with van der Waals surface area (Å²) in [7, 11) is -3.45. The van der Waals surface area contributed by atoms with Gasteiger partial charge in [0, 0.05) is 7.11 Å². The Morgan fingerprint density at radius 1 is 0.964 bits per heavy atom. The van der Waals surface area contributed by atoms with Crippen LogP contribution in [0.1, 0.15) is 92.9 Å². The highest BCUT2D eigenvalue weighted by Crippen LogP contribution is 2.47. The van der Waals surface area contributed by atoms with Gasteiger partial charge in [-0.3, -0.25) is 18.9 Å². The van der Waals surface area contributed by atoms with E-state index in [0.717, 1.165) is 20.0 Å². The molecular weight excluding hydrogens is 743 g/mol. The highest BCUT2D eigenvalue weighted by molar-refractivity contribution is 7.52. The van der Waals surface area contributed by atoms with E-state index in [1.54, 1.807) is 52.0 Å². The van der Waals surface area contributed by atoms with Crippen LogP contribution in [-0.2, 0) is 42.4 Å². The van der Waals surface area contributed by atoms with Crippen molar-refractivity contribution in [1.82, 2.24) is 19.7 Å². The maximum absolute atomic E-state index is 14.7. The van der Waals surface area contributed by atoms with Crippen LogP contribution in [-0.4, -0.2) is 70.1 Å². The first kappa shape index (κ1) is 44.2. The molecule has 16 nitrogen and oxygen atoms in total. The number of nitrogens with zero attached hydrogens (tertiary/aromatic N) is 4. The minimum atomic E-state index is -4.60. The smallest absolute Gasteiger partial charge is 0.459 e. The van der Waals surface area contributed by atoms with Crippen LogP contribution in [0.25, 0.3) is 5.52 Å². The Morgan fingerprint density at radius 2 is 1.59 bits per heavy atom. The minimum absolute atomic E-state index is 0.104. The fraction of sp³-hybridized carbons (Fsp3) is 0.590. The lowest BCUT2D eigenvalue weighted by Crippen LogP contribution is -2.54. The van der Waals surface area contributed by atoms with Crippen molar-refractivity contribution in [2.45, 2.75) is 111 Å². The second-order valence-electron chi connectivity index (χ2n) is 15.7. The lowest BCUT2D eigenvalue weighted by molar-refractivity contribution is -0.197. The minimum Gasteiger partial charge on any atom is -0.461 e. The molecule has 1 unspecified atom stereocenters. The normalized spacial score (nSPS) is 19.9. The molecule has 3 N–H and O–H groups in total. The van der Waals surface area contributed by atoms with Crippen molar-refractivity contribution in [2.24, 2.45) is 23.2 Å². The first-order chi connectivity index (χ1) is 26.3. The molecule has 2 heterocycles. The van der Waals surface area contributed by atoms with Gasteiger partial charge in [0.25, 0.3) is 0 Å². The predicted octanol–water partition coefficient (Wildman–Crippen LogP) is 6.36. The first-order valence-electron chi connectivity index (χ1n) is 18.8. The van der Waals surface area contributed by atoms with E-state index in [1.165, 1.54) is 36.0 Å². The molecule has 1 aromatic carbocycles. The van der Waals surface area contributed by atoms with E-state index in [4.69, 9.17) is 33.7 Å². The number of rotatable bonds is 17. The van der Waals surface area contributed by atoms with Gasteiger partial charge in [-0.25, -0.2) is 14.1 Å². The molecule has 17 heteroatoms. The molecule has 0 radical (unpaired) electrons. The molecule has 306 valence electrons. The van der Waals surface area contributed by atoms with Crippen molar-refractivity contribution in [3.05, 3.63) is 54.5 Å². The van der Waals surface area contributed by atoms with Gasteiger partial charge in [0.2, 0.25) is 5.60 Å². The third-order valence-corrected chi connectivity index (χ3v) is 11.4. The molecule has 0 aliphatic heterocycles. The molecule has 1 saturated carbocycles. The topological polar surface area (TPSA) is 216 Å². The molecule has 3 aromatic rings. The molecule has 56 heavy (non-hydrogen) atoms. The number of para-hydroxylation sites is 1. The monoisotopic (exact) mass is 798 g/mol. The standard InChI is InChI=1S/C39H55N6O10P/c1-24(2)35(46)53-32(30-19-20-31-34(41)42-23-43-45(30)31)33(54-36(47)25(3)4)39(21-40,50-9)22-51-56(49,55-29-13-11-10-12-14-29)44-26(5)37(48)52-28-17-15-27(16-18-28)38(6,7)8/h10-14,19-20,23-28,32-33H,15-18,22H2,1-9H3,(H,44,49)(H2,41,42,43)/t26-,27?,28?,32-,33-,39+,56?/m0/s1. The van der Waals surface area contributed by atoms with Gasteiger partial charge in [-0.05, 0) is 68.2 Å². The molecule has 2 aromatic heterocycles. The number of hydrogen-bond acceptors (Lipinski definition) is 14. The molecule has 0 spiro atoms. The fourth-order valence-corrected chi connectivity index (χ4v) is 7.80. The van der Waals surface area contributed by atoms with Gasteiger partial charge in [0.15, 0.2) is 18.0 Å². The largest absolute Gasteiger partial charge is 0.461 e. The van der Waals surface area contributed by atoms with Gasteiger partial charge in [-0.1, -0.05) is 66.7 Å². The Bertz CT molecular complexity index is 1900. The number of aromatic nitrogens is 3. The van der Waals surface area contributed by atoms with Gasteiger partial charge in [-0.15, -0.1) is 0 Å². The van der Waals surface area contributed by atoms with Crippen molar-refractivity contribution in [3.8, 4) is 11.8 Å². The SMILES string of the molecule is CO[C@](C#N)(COP(=O)(N[C@@H](C)C(=O)OC1CCC(C(C)(C)C)CC1)Oc1ccccc1)[C@@H](OC(=O)C(C)C)[C@@H](OC(=O)C(C)C)c1ccc2c(N)ncnn12. The lowest BCUT2D eigenvalue weighted by atomic mass is 9.72. The Labute approximate surface area is 328 Å². The number of methoxy groups -OCH3 is 1. The van der Waals surface area contributed by atoms with Crippen molar-refractivity contribution in [2.75, 3.05) is 19.5 Å². The van der Waals surface area contributed by atoms with E-state index in [0.29, 0.717) is 24.3 Å². The summed E-state index contributed by atoms with van der Waals surface area (Å²) in [5, 5.41) is 17.8. The van der Waals surface area contributed by atoms with E-state index < -0.39 is 67.9 Å². The number of nitriles is 1. The number of nitrogen functional groups attached to an aromatic ring is 1. The van der Waals surface area contributed by atoms with Crippen molar-refractivity contribution >= 4 is 37.0 Å². The average molecular weight is 799 g/mol. The second kappa shape index (κ2) is 18.6. The summed E-state index contributed by atoms with van der Waals surface area (Å²) < 4.78 is 51.5. The molecule has 4 rings (SSSR count). The van der Waals surface area contributed by atoms with Gasteiger partial charge in [-0.2, -0.15) is 15.4 Å². The van der Waals surface area contributed by atoms with E-state index >= 15 is 0 Å². The Morgan fingerprint density at radius 3 is 2.16 bits per heavy atom. The van der Waals surface area contributed by atoms with Crippen LogP contribution in [0.5, 0.6) is 5.75 Å². The Kier molecular flexibility index (Phi) is 14.7. The zero-order valence-corrected chi connectivity index (χ0v) is 34.5. The van der Waals surface area contributed by atoms with Crippen molar-refractivity contribution in [1.29, 1.82) is 5.26 Å². The number of ether oxygens (including phenoxy) is 4. The van der Waals surface area contributed by atoms with Crippen LogP contribution in [0.4, 0.5) is 5.82 Å². The Balaban J connectivity index is 1.71.